The Bertz CT molecular complexity index is 1220. The van der Waals surface area contributed by atoms with E-state index >= 15 is 4.39 Å². The molecule has 1 unspecified atom stereocenters. The number of allylic oxidation sites excluding steroid dienone is 1. The predicted octanol–water partition coefficient (Wildman–Crippen LogP) is 4.31. The molecule has 2 amide bonds. The summed E-state index contributed by atoms with van der Waals surface area (Å²) in [6.07, 6.45) is 4.97. The standard InChI is InChI=1S/C28H33F2N5O4/c1-16(21-12-20(29)14-32-27(21)38-2)33-25(30)22(13-31)34-26(36)24(23(18-8-9-18)19-10-11-19)35-28(37)39-15-17-6-4-3-5-7-17/h3-7,12-14,16,18-19,23-24H,8-11,15,31H2,1-2H3,(H,34,36)(H,35,37)/b22-13+,33-25?/t16-,24?/m0/s1. The molecule has 0 radical (unpaired) electrons. The van der Waals surface area contributed by atoms with Crippen LogP contribution >= 0.6 is 0 Å². The number of halogens is 2. The molecule has 1 heterocycles. The van der Waals surface area contributed by atoms with E-state index in [4.69, 9.17) is 15.2 Å². The molecule has 0 spiro atoms. The number of amides is 2. The number of benzene rings is 1. The molecular formula is C28H33F2N5O4. The zero-order valence-electron chi connectivity index (χ0n) is 21.9. The van der Waals surface area contributed by atoms with Crippen molar-refractivity contribution in [3.63, 3.8) is 0 Å². The van der Waals surface area contributed by atoms with Crippen molar-refractivity contribution in [2.45, 2.75) is 51.3 Å². The van der Waals surface area contributed by atoms with E-state index in [0.29, 0.717) is 11.8 Å². The molecule has 2 aliphatic rings. The van der Waals surface area contributed by atoms with Gasteiger partial charge in [-0.05, 0) is 62.0 Å². The molecule has 208 valence electrons. The van der Waals surface area contributed by atoms with Crippen molar-refractivity contribution in [2.75, 3.05) is 7.11 Å². The molecule has 1 aromatic carbocycles. The summed E-state index contributed by atoms with van der Waals surface area (Å²) in [6.45, 7) is 1.57. The van der Waals surface area contributed by atoms with Crippen LogP contribution in [0.15, 0.2) is 59.5 Å². The van der Waals surface area contributed by atoms with E-state index in [-0.39, 0.29) is 29.7 Å². The summed E-state index contributed by atoms with van der Waals surface area (Å²) in [5.74, 6) is -1.73. The number of rotatable bonds is 12. The highest BCUT2D eigenvalue weighted by Crippen LogP contribution is 2.50. The Labute approximate surface area is 225 Å². The number of nitrogens with zero attached hydrogens (tertiary/aromatic N) is 2. The second-order valence-corrected chi connectivity index (χ2v) is 9.85. The fourth-order valence-electron chi connectivity index (χ4n) is 4.71. The maximum absolute atomic E-state index is 15.2. The van der Waals surface area contributed by atoms with Crippen LogP contribution in [0.5, 0.6) is 5.88 Å². The van der Waals surface area contributed by atoms with E-state index in [0.717, 1.165) is 49.7 Å². The number of aliphatic imine (C=N–C) groups is 1. The van der Waals surface area contributed by atoms with Gasteiger partial charge in [-0.3, -0.25) is 4.79 Å². The Kier molecular flexibility index (Phi) is 9.11. The Morgan fingerprint density at radius 3 is 2.46 bits per heavy atom. The molecule has 1 aromatic heterocycles. The highest BCUT2D eigenvalue weighted by atomic mass is 19.1. The van der Waals surface area contributed by atoms with Crippen molar-refractivity contribution in [3.8, 4) is 5.88 Å². The number of aromatic nitrogens is 1. The summed E-state index contributed by atoms with van der Waals surface area (Å²) in [5.41, 5.74) is 6.30. The van der Waals surface area contributed by atoms with Gasteiger partial charge in [-0.15, -0.1) is 0 Å². The lowest BCUT2D eigenvalue weighted by Gasteiger charge is -2.27. The van der Waals surface area contributed by atoms with Gasteiger partial charge in [0.1, 0.15) is 24.2 Å². The topological polar surface area (TPSA) is 128 Å². The lowest BCUT2D eigenvalue weighted by Crippen LogP contribution is -2.52. The van der Waals surface area contributed by atoms with Crippen LogP contribution in [0.4, 0.5) is 13.6 Å². The summed E-state index contributed by atoms with van der Waals surface area (Å²) < 4.78 is 39.4. The van der Waals surface area contributed by atoms with Gasteiger partial charge in [0.25, 0.3) is 0 Å². The second kappa shape index (κ2) is 12.7. The molecule has 0 saturated heterocycles. The molecule has 2 atom stereocenters. The maximum Gasteiger partial charge on any atom is 0.408 e. The van der Waals surface area contributed by atoms with Gasteiger partial charge in [0, 0.05) is 11.8 Å². The molecule has 2 aromatic rings. The van der Waals surface area contributed by atoms with Gasteiger partial charge in [-0.2, -0.15) is 4.39 Å². The van der Waals surface area contributed by atoms with Crippen molar-refractivity contribution < 1.29 is 27.8 Å². The monoisotopic (exact) mass is 541 g/mol. The third-order valence-corrected chi connectivity index (χ3v) is 6.93. The van der Waals surface area contributed by atoms with Gasteiger partial charge in [0.2, 0.25) is 17.8 Å². The zero-order valence-corrected chi connectivity index (χ0v) is 21.9. The van der Waals surface area contributed by atoms with E-state index in [9.17, 15) is 14.0 Å². The van der Waals surface area contributed by atoms with Crippen LogP contribution in [0.3, 0.4) is 0 Å². The second-order valence-electron chi connectivity index (χ2n) is 9.85. The maximum atomic E-state index is 15.2. The third kappa shape index (κ3) is 7.52. The van der Waals surface area contributed by atoms with E-state index < -0.39 is 35.9 Å². The zero-order chi connectivity index (χ0) is 27.9. The summed E-state index contributed by atoms with van der Waals surface area (Å²) in [5, 5.41) is 5.20. The Morgan fingerprint density at radius 2 is 1.87 bits per heavy atom. The van der Waals surface area contributed by atoms with Crippen molar-refractivity contribution in [1.29, 1.82) is 0 Å². The summed E-state index contributed by atoms with van der Waals surface area (Å²) in [7, 11) is 1.36. The first-order valence-corrected chi connectivity index (χ1v) is 12.9. The molecule has 4 rings (SSSR count). The number of ether oxygens (including phenoxy) is 2. The normalized spacial score (nSPS) is 17.4. The van der Waals surface area contributed by atoms with Gasteiger partial charge in [0.15, 0.2) is 0 Å². The van der Waals surface area contributed by atoms with Gasteiger partial charge >= 0.3 is 6.09 Å². The van der Waals surface area contributed by atoms with E-state index in [1.54, 1.807) is 0 Å². The number of pyridine rings is 1. The highest BCUT2D eigenvalue weighted by molar-refractivity contribution is 5.98. The first-order chi connectivity index (χ1) is 18.8. The van der Waals surface area contributed by atoms with E-state index in [1.165, 1.54) is 14.0 Å². The summed E-state index contributed by atoms with van der Waals surface area (Å²) in [4.78, 5) is 33.9. The minimum atomic E-state index is -1.07. The number of nitrogens with one attached hydrogen (secondary N) is 2. The first kappa shape index (κ1) is 28.0. The summed E-state index contributed by atoms with van der Waals surface area (Å²) >= 11 is 0. The van der Waals surface area contributed by atoms with Gasteiger partial charge in [0.05, 0.1) is 19.3 Å². The average Bonchev–Trinajstić information content (AvgIpc) is 3.86. The van der Waals surface area contributed by atoms with Crippen LogP contribution in [-0.4, -0.2) is 36.1 Å². The fourth-order valence-corrected chi connectivity index (χ4v) is 4.71. The highest BCUT2D eigenvalue weighted by Gasteiger charge is 2.48. The molecule has 0 bridgehead atoms. The number of hydrogen-bond acceptors (Lipinski definition) is 7. The van der Waals surface area contributed by atoms with Crippen LogP contribution in [-0.2, 0) is 16.1 Å². The molecule has 0 aliphatic heterocycles. The van der Waals surface area contributed by atoms with E-state index in [2.05, 4.69) is 20.6 Å². The van der Waals surface area contributed by atoms with Crippen LogP contribution in [0, 0.1) is 23.6 Å². The third-order valence-electron chi connectivity index (χ3n) is 6.93. The minimum Gasteiger partial charge on any atom is -0.481 e. The Hall–Kier alpha value is -4.02. The molecule has 4 N–H and O–H groups in total. The van der Waals surface area contributed by atoms with Crippen molar-refractivity contribution in [2.24, 2.45) is 28.5 Å². The van der Waals surface area contributed by atoms with Crippen molar-refractivity contribution in [1.82, 2.24) is 15.6 Å². The van der Waals surface area contributed by atoms with Crippen LogP contribution in [0.2, 0.25) is 0 Å². The quantitative estimate of drug-likeness (QED) is 0.344. The predicted molar refractivity (Wildman–Crippen MR) is 141 cm³/mol. The number of nitrogens with two attached hydrogens (primary N) is 1. The molecular weight excluding hydrogens is 508 g/mol. The average molecular weight is 542 g/mol. The smallest absolute Gasteiger partial charge is 0.408 e. The molecule has 39 heavy (non-hydrogen) atoms. The lowest BCUT2D eigenvalue weighted by atomic mass is 9.88. The molecule has 9 nitrogen and oxygen atoms in total. The summed E-state index contributed by atoms with van der Waals surface area (Å²) in [6, 6.07) is 8.48. The molecule has 2 fully saturated rings. The van der Waals surface area contributed by atoms with Gasteiger partial charge < -0.3 is 25.8 Å². The molecule has 11 heteroatoms. The molecule has 2 aliphatic carbocycles. The number of carbonyl (C=O) groups is 2. The number of alkyl carbamates (subject to hydrolysis) is 1. The first-order valence-electron chi connectivity index (χ1n) is 12.9. The Morgan fingerprint density at radius 1 is 1.21 bits per heavy atom. The largest absolute Gasteiger partial charge is 0.481 e. The van der Waals surface area contributed by atoms with E-state index in [1.807, 2.05) is 30.3 Å². The SMILES string of the molecule is COc1ncc(F)cc1[C@H](C)N=C(F)/C(=C\N)NC(=O)C(NC(=O)OCc1ccccc1)C(C1CC1)C1CC1. The lowest BCUT2D eigenvalue weighted by molar-refractivity contribution is -0.124. The van der Waals surface area contributed by atoms with Gasteiger partial charge in [-0.25, -0.2) is 19.2 Å². The van der Waals surface area contributed by atoms with Crippen molar-refractivity contribution >= 4 is 18.0 Å². The number of carbonyl (C=O) groups excluding carboxylic acids is 2. The number of hydrogen-bond donors (Lipinski definition) is 3. The van der Waals surface area contributed by atoms with Gasteiger partial charge in [-0.1, -0.05) is 30.3 Å². The minimum absolute atomic E-state index is 0.0457. The Balaban J connectivity index is 1.48. The van der Waals surface area contributed by atoms with Crippen LogP contribution in [0.25, 0.3) is 0 Å². The fraction of sp³-hybridized carbons (Fsp3) is 0.429. The van der Waals surface area contributed by atoms with Crippen LogP contribution in [0.1, 0.15) is 49.8 Å². The van der Waals surface area contributed by atoms with Crippen LogP contribution < -0.4 is 21.1 Å². The molecule has 2 saturated carbocycles. The number of methoxy groups -OCH3 is 1. The van der Waals surface area contributed by atoms with Crippen molar-refractivity contribution in [3.05, 3.63) is 71.4 Å².